The van der Waals surface area contributed by atoms with Gasteiger partial charge in [0.05, 0.1) is 5.25 Å². The van der Waals surface area contributed by atoms with Crippen LogP contribution in [0.4, 0.5) is 4.79 Å². The van der Waals surface area contributed by atoms with Crippen LogP contribution in [0, 0.1) is 0 Å². The Bertz CT molecular complexity index is 483. The Morgan fingerprint density at radius 2 is 1.52 bits per heavy atom. The molecule has 7 nitrogen and oxygen atoms in total. The van der Waals surface area contributed by atoms with Crippen molar-refractivity contribution in [3.63, 3.8) is 0 Å². The summed E-state index contributed by atoms with van der Waals surface area (Å²) < 4.78 is 5.33. The van der Waals surface area contributed by atoms with Gasteiger partial charge in [0.25, 0.3) is 0 Å². The highest BCUT2D eigenvalue weighted by Gasteiger charge is 2.37. The Balaban J connectivity index is 1.81. The van der Waals surface area contributed by atoms with Crippen molar-refractivity contribution in [2.75, 3.05) is 26.2 Å². The van der Waals surface area contributed by atoms with Gasteiger partial charge in [-0.3, -0.25) is 9.59 Å². The van der Waals surface area contributed by atoms with Crippen LogP contribution in [0.15, 0.2) is 0 Å². The van der Waals surface area contributed by atoms with Crippen molar-refractivity contribution in [3.05, 3.63) is 0 Å². The smallest absolute Gasteiger partial charge is 0.410 e. The van der Waals surface area contributed by atoms with Gasteiger partial charge in [0.1, 0.15) is 10.9 Å². The third kappa shape index (κ3) is 4.76. The molecule has 2 heterocycles. The van der Waals surface area contributed by atoms with Gasteiger partial charge in [-0.2, -0.15) is 0 Å². The van der Waals surface area contributed by atoms with Crippen LogP contribution in [0.2, 0.25) is 0 Å². The fraction of sp³-hybridized carbons (Fsp3) is 0.800. The van der Waals surface area contributed by atoms with Crippen LogP contribution in [0.1, 0.15) is 33.6 Å². The molecule has 2 atom stereocenters. The lowest BCUT2D eigenvalue weighted by molar-refractivity contribution is -0.136. The van der Waals surface area contributed by atoms with Crippen molar-refractivity contribution in [1.29, 1.82) is 0 Å². The number of carbonyl (C=O) groups is 3. The van der Waals surface area contributed by atoms with Gasteiger partial charge in [0, 0.05) is 26.2 Å². The average molecular weight is 344 g/mol. The topological polar surface area (TPSA) is 87.2 Å². The zero-order valence-corrected chi connectivity index (χ0v) is 14.6. The van der Waals surface area contributed by atoms with E-state index in [2.05, 4.69) is 0 Å². The summed E-state index contributed by atoms with van der Waals surface area (Å²) >= 11 is 1.24. The van der Waals surface area contributed by atoms with Gasteiger partial charge in [0.2, 0.25) is 5.91 Å². The van der Waals surface area contributed by atoms with Gasteiger partial charge in [-0.25, -0.2) is 4.79 Å². The monoisotopic (exact) mass is 344 g/mol. The van der Waals surface area contributed by atoms with E-state index in [1.165, 1.54) is 11.8 Å². The first-order valence-electron chi connectivity index (χ1n) is 7.82. The number of piperazine rings is 1. The number of carbonyl (C=O) groups excluding carboxylic acids is 2. The minimum absolute atomic E-state index is 0.0115. The third-order valence-corrected chi connectivity index (χ3v) is 5.35. The van der Waals surface area contributed by atoms with E-state index in [0.29, 0.717) is 39.0 Å². The summed E-state index contributed by atoms with van der Waals surface area (Å²) in [5, 5.41) is 8.25. The van der Waals surface area contributed by atoms with E-state index < -0.39 is 16.8 Å². The standard InChI is InChI=1S/C15H24N2O5S/c1-15(2,3)22-14(21)17-8-6-16(7-9-17)12(18)10-4-5-11(23-10)13(19)20/h10-11H,4-9H2,1-3H3,(H,19,20)/t10-,11-/m1/s1. The molecule has 0 aromatic rings. The second kappa shape index (κ2) is 6.98. The fourth-order valence-corrected chi connectivity index (χ4v) is 3.96. The first kappa shape index (κ1) is 17.9. The first-order chi connectivity index (χ1) is 10.7. The van der Waals surface area contributed by atoms with Crippen LogP contribution >= 0.6 is 11.8 Å². The molecule has 2 rings (SSSR count). The Morgan fingerprint density at radius 3 is 2.00 bits per heavy atom. The van der Waals surface area contributed by atoms with Crippen LogP contribution in [-0.4, -0.2) is 75.2 Å². The molecular weight excluding hydrogens is 320 g/mol. The molecule has 2 aliphatic heterocycles. The molecule has 0 spiro atoms. The summed E-state index contributed by atoms with van der Waals surface area (Å²) in [7, 11) is 0. The van der Waals surface area contributed by atoms with Crippen LogP contribution < -0.4 is 0 Å². The fourth-order valence-electron chi connectivity index (χ4n) is 2.64. The highest BCUT2D eigenvalue weighted by atomic mass is 32.2. The Hall–Kier alpha value is -1.44. The van der Waals surface area contributed by atoms with Crippen molar-refractivity contribution in [3.8, 4) is 0 Å². The van der Waals surface area contributed by atoms with Gasteiger partial charge < -0.3 is 19.6 Å². The molecule has 2 aliphatic rings. The van der Waals surface area contributed by atoms with E-state index in [1.807, 2.05) is 20.8 Å². The number of carboxylic acids is 1. The average Bonchev–Trinajstić information content (AvgIpc) is 2.95. The van der Waals surface area contributed by atoms with Crippen molar-refractivity contribution in [2.45, 2.75) is 49.7 Å². The zero-order valence-electron chi connectivity index (χ0n) is 13.8. The first-order valence-corrected chi connectivity index (χ1v) is 8.76. The molecular formula is C15H24N2O5S. The van der Waals surface area contributed by atoms with Crippen molar-refractivity contribution < 1.29 is 24.2 Å². The molecule has 8 heteroatoms. The number of nitrogens with zero attached hydrogens (tertiary/aromatic N) is 2. The van der Waals surface area contributed by atoms with E-state index in [4.69, 9.17) is 9.84 Å². The molecule has 0 radical (unpaired) electrons. The maximum Gasteiger partial charge on any atom is 0.410 e. The largest absolute Gasteiger partial charge is 0.480 e. The van der Waals surface area contributed by atoms with Crippen LogP contribution in [0.5, 0.6) is 0 Å². The zero-order chi connectivity index (χ0) is 17.2. The maximum absolute atomic E-state index is 12.5. The summed E-state index contributed by atoms with van der Waals surface area (Å²) in [6.07, 6.45) is 0.784. The Morgan fingerprint density at radius 1 is 1.00 bits per heavy atom. The van der Waals surface area contributed by atoms with E-state index in [1.54, 1.807) is 9.80 Å². The van der Waals surface area contributed by atoms with E-state index >= 15 is 0 Å². The number of amides is 2. The minimum Gasteiger partial charge on any atom is -0.480 e. The van der Waals surface area contributed by atoms with E-state index in [0.717, 1.165) is 0 Å². The third-order valence-electron chi connectivity index (χ3n) is 3.81. The molecule has 0 aliphatic carbocycles. The predicted octanol–water partition coefficient (Wildman–Crippen LogP) is 1.41. The molecule has 0 bridgehead atoms. The second-order valence-electron chi connectivity index (χ2n) is 6.82. The molecule has 0 aromatic carbocycles. The number of thioether (sulfide) groups is 1. The number of hydrogen-bond donors (Lipinski definition) is 1. The number of aliphatic carboxylic acids is 1. The molecule has 2 amide bonds. The number of hydrogen-bond acceptors (Lipinski definition) is 5. The second-order valence-corrected chi connectivity index (χ2v) is 8.23. The summed E-state index contributed by atoms with van der Waals surface area (Å²) in [5.41, 5.74) is -0.531. The van der Waals surface area contributed by atoms with E-state index in [-0.39, 0.29) is 17.3 Å². The Kier molecular flexibility index (Phi) is 5.44. The minimum atomic E-state index is -0.847. The summed E-state index contributed by atoms with van der Waals surface area (Å²) in [5.74, 6) is -0.859. The van der Waals surface area contributed by atoms with Gasteiger partial charge in [-0.1, -0.05) is 0 Å². The molecule has 2 fully saturated rings. The molecule has 130 valence electrons. The summed E-state index contributed by atoms with van der Waals surface area (Å²) in [6.45, 7) is 7.28. The highest BCUT2D eigenvalue weighted by molar-refractivity contribution is 8.02. The maximum atomic E-state index is 12.5. The molecule has 0 unspecified atom stereocenters. The summed E-state index contributed by atoms with van der Waals surface area (Å²) in [4.78, 5) is 38.8. The van der Waals surface area contributed by atoms with Crippen molar-refractivity contribution >= 4 is 29.7 Å². The quantitative estimate of drug-likeness (QED) is 0.815. The lowest BCUT2D eigenvalue weighted by Crippen LogP contribution is -2.53. The SMILES string of the molecule is CC(C)(C)OC(=O)N1CCN(C(=O)[C@H]2CC[C@H](C(=O)O)S2)CC1. The highest BCUT2D eigenvalue weighted by Crippen LogP contribution is 2.35. The number of ether oxygens (including phenoxy) is 1. The van der Waals surface area contributed by atoms with Crippen molar-refractivity contribution in [1.82, 2.24) is 9.80 Å². The predicted molar refractivity (Wildman–Crippen MR) is 86.4 cm³/mol. The van der Waals surface area contributed by atoms with Crippen LogP contribution in [0.25, 0.3) is 0 Å². The molecule has 2 saturated heterocycles. The van der Waals surface area contributed by atoms with Crippen LogP contribution in [0.3, 0.4) is 0 Å². The molecule has 0 saturated carbocycles. The lowest BCUT2D eigenvalue weighted by atomic mass is 10.1. The molecule has 23 heavy (non-hydrogen) atoms. The van der Waals surface area contributed by atoms with Gasteiger partial charge >= 0.3 is 12.1 Å². The van der Waals surface area contributed by atoms with Gasteiger partial charge in [0.15, 0.2) is 0 Å². The molecule has 0 aromatic heterocycles. The number of carboxylic acid groups (broad SMARTS) is 1. The van der Waals surface area contributed by atoms with Crippen molar-refractivity contribution in [2.24, 2.45) is 0 Å². The van der Waals surface area contributed by atoms with Gasteiger partial charge in [-0.05, 0) is 33.6 Å². The normalized spacial score (nSPS) is 25.3. The van der Waals surface area contributed by atoms with E-state index in [9.17, 15) is 14.4 Å². The molecule has 1 N–H and O–H groups in total. The van der Waals surface area contributed by atoms with Crippen LogP contribution in [-0.2, 0) is 14.3 Å². The summed E-state index contributed by atoms with van der Waals surface area (Å²) in [6, 6.07) is 0. The number of rotatable bonds is 2. The van der Waals surface area contributed by atoms with Gasteiger partial charge in [-0.15, -0.1) is 11.8 Å². The Labute approximate surface area is 140 Å². The lowest BCUT2D eigenvalue weighted by Gasteiger charge is -2.36.